The summed E-state index contributed by atoms with van der Waals surface area (Å²) >= 11 is 0. The molecule has 0 aliphatic rings. The topological polar surface area (TPSA) is 39.4 Å². The summed E-state index contributed by atoms with van der Waals surface area (Å²) in [5, 5.41) is 0.569. The normalized spacial score (nSPS) is 11.2. The van der Waals surface area contributed by atoms with Crippen LogP contribution in [0.25, 0.3) is 22.1 Å². The third-order valence-electron chi connectivity index (χ3n) is 3.80. The molecule has 0 radical (unpaired) electrons. The lowest BCUT2D eigenvalue weighted by Gasteiger charge is -2.11. The van der Waals surface area contributed by atoms with Crippen molar-refractivity contribution in [2.24, 2.45) is 0 Å². The minimum atomic E-state index is -0.0175. The molecular weight excluding hydrogens is 288 g/mol. The molecule has 1 heterocycles. The van der Waals surface area contributed by atoms with E-state index in [1.54, 1.807) is 18.4 Å². The van der Waals surface area contributed by atoms with Crippen molar-refractivity contribution in [2.75, 3.05) is 0 Å². The number of hydrogen-bond acceptors (Lipinski definition) is 3. The summed E-state index contributed by atoms with van der Waals surface area (Å²) in [6.45, 7) is 7.94. The Morgan fingerprint density at radius 1 is 1.00 bits per heavy atom. The zero-order valence-corrected chi connectivity index (χ0v) is 13.8. The van der Waals surface area contributed by atoms with Crippen LogP contribution in [0.2, 0.25) is 0 Å². The average Bonchev–Trinajstić information content (AvgIpc) is 2.50. The van der Waals surface area contributed by atoms with Gasteiger partial charge in [-0.2, -0.15) is 0 Å². The van der Waals surface area contributed by atoms with E-state index in [1.807, 2.05) is 52.0 Å². The highest BCUT2D eigenvalue weighted by molar-refractivity contribution is 5.83. The Labute approximate surface area is 135 Å². The second kappa shape index (κ2) is 5.92. The molecule has 0 spiro atoms. The van der Waals surface area contributed by atoms with Crippen molar-refractivity contribution in [3.63, 3.8) is 0 Å². The lowest BCUT2D eigenvalue weighted by molar-refractivity contribution is 0.242. The van der Waals surface area contributed by atoms with Gasteiger partial charge in [-0.25, -0.2) is 0 Å². The Kier molecular flexibility index (Phi) is 3.95. The Bertz CT molecular complexity index is 920. The molecule has 0 amide bonds. The van der Waals surface area contributed by atoms with Crippen LogP contribution in [0.5, 0.6) is 5.75 Å². The highest BCUT2D eigenvalue weighted by Gasteiger charge is 2.12. The molecule has 3 heteroatoms. The Morgan fingerprint density at radius 3 is 2.52 bits per heavy atom. The van der Waals surface area contributed by atoms with Crippen LogP contribution in [0, 0.1) is 13.8 Å². The standard InChI is InChI=1S/C20H20O3/c1-12(2)23-15-7-8-16-19(10-15)22-11-18(20(16)21)17-9-13(3)5-6-14(17)4/h5-12H,1-4H3. The summed E-state index contributed by atoms with van der Waals surface area (Å²) in [4.78, 5) is 12.8. The van der Waals surface area contributed by atoms with E-state index in [0.29, 0.717) is 22.3 Å². The Morgan fingerprint density at radius 2 is 1.78 bits per heavy atom. The first kappa shape index (κ1) is 15.3. The Balaban J connectivity index is 2.16. The van der Waals surface area contributed by atoms with Gasteiger partial charge in [0.05, 0.1) is 17.1 Å². The molecule has 3 aromatic rings. The summed E-state index contributed by atoms with van der Waals surface area (Å²) in [5.41, 5.74) is 4.21. The molecule has 1 aromatic heterocycles. The van der Waals surface area contributed by atoms with E-state index in [9.17, 15) is 4.79 Å². The number of hydrogen-bond donors (Lipinski definition) is 0. The maximum absolute atomic E-state index is 12.8. The fraction of sp³-hybridized carbons (Fsp3) is 0.250. The van der Waals surface area contributed by atoms with Gasteiger partial charge >= 0.3 is 0 Å². The van der Waals surface area contributed by atoms with Crippen molar-refractivity contribution >= 4 is 11.0 Å². The predicted molar refractivity (Wildman–Crippen MR) is 93.2 cm³/mol. The van der Waals surface area contributed by atoms with E-state index in [-0.39, 0.29) is 11.5 Å². The number of rotatable bonds is 3. The molecule has 3 rings (SSSR count). The third-order valence-corrected chi connectivity index (χ3v) is 3.80. The second-order valence-electron chi connectivity index (χ2n) is 6.12. The molecule has 0 saturated carbocycles. The molecule has 2 aromatic carbocycles. The highest BCUT2D eigenvalue weighted by atomic mass is 16.5. The summed E-state index contributed by atoms with van der Waals surface area (Å²) < 4.78 is 11.4. The molecule has 0 fully saturated rings. The highest BCUT2D eigenvalue weighted by Crippen LogP contribution is 2.26. The first-order chi connectivity index (χ1) is 11.0. The van der Waals surface area contributed by atoms with Crippen molar-refractivity contribution < 1.29 is 9.15 Å². The predicted octanol–water partition coefficient (Wildman–Crippen LogP) is 4.86. The van der Waals surface area contributed by atoms with Gasteiger partial charge in [-0.1, -0.05) is 23.8 Å². The van der Waals surface area contributed by atoms with Gasteiger partial charge in [0.1, 0.15) is 17.6 Å². The maximum Gasteiger partial charge on any atom is 0.200 e. The summed E-state index contributed by atoms with van der Waals surface area (Å²) in [7, 11) is 0. The lowest BCUT2D eigenvalue weighted by atomic mass is 9.99. The van der Waals surface area contributed by atoms with E-state index in [2.05, 4.69) is 0 Å². The van der Waals surface area contributed by atoms with Crippen molar-refractivity contribution in [2.45, 2.75) is 33.8 Å². The monoisotopic (exact) mass is 308 g/mol. The SMILES string of the molecule is Cc1ccc(C)c(-c2coc3cc(OC(C)C)ccc3c2=O)c1. The van der Waals surface area contributed by atoms with Crippen molar-refractivity contribution in [1.29, 1.82) is 0 Å². The molecule has 118 valence electrons. The van der Waals surface area contributed by atoms with E-state index < -0.39 is 0 Å². The fourth-order valence-corrected chi connectivity index (χ4v) is 2.67. The van der Waals surface area contributed by atoms with Gasteiger partial charge in [0.15, 0.2) is 0 Å². The first-order valence-corrected chi connectivity index (χ1v) is 7.75. The maximum atomic E-state index is 12.8. The fourth-order valence-electron chi connectivity index (χ4n) is 2.67. The average molecular weight is 308 g/mol. The Hall–Kier alpha value is -2.55. The van der Waals surface area contributed by atoms with E-state index in [1.165, 1.54) is 0 Å². The third kappa shape index (κ3) is 3.00. The molecule has 0 bridgehead atoms. The van der Waals surface area contributed by atoms with Crippen LogP contribution >= 0.6 is 0 Å². The molecule has 0 aliphatic heterocycles. The zero-order chi connectivity index (χ0) is 16.6. The van der Waals surface area contributed by atoms with Gasteiger partial charge in [0, 0.05) is 6.07 Å². The minimum Gasteiger partial charge on any atom is -0.491 e. The molecule has 0 N–H and O–H groups in total. The van der Waals surface area contributed by atoms with Gasteiger partial charge in [-0.15, -0.1) is 0 Å². The van der Waals surface area contributed by atoms with Gasteiger partial charge < -0.3 is 9.15 Å². The summed E-state index contributed by atoms with van der Waals surface area (Å²) in [6, 6.07) is 11.4. The zero-order valence-electron chi connectivity index (χ0n) is 13.8. The van der Waals surface area contributed by atoms with Crippen LogP contribution in [0.1, 0.15) is 25.0 Å². The molecule has 0 aliphatic carbocycles. The van der Waals surface area contributed by atoms with E-state index in [0.717, 1.165) is 16.7 Å². The number of aryl methyl sites for hydroxylation is 2. The van der Waals surface area contributed by atoms with E-state index >= 15 is 0 Å². The number of benzene rings is 2. The molecule has 23 heavy (non-hydrogen) atoms. The van der Waals surface area contributed by atoms with Gasteiger partial charge in [0.2, 0.25) is 5.43 Å². The number of ether oxygens (including phenoxy) is 1. The van der Waals surface area contributed by atoms with Crippen molar-refractivity contribution in [3.05, 3.63) is 64.0 Å². The van der Waals surface area contributed by atoms with Crippen LogP contribution in [-0.2, 0) is 0 Å². The van der Waals surface area contributed by atoms with Crippen LogP contribution in [0.15, 0.2) is 51.9 Å². The van der Waals surface area contributed by atoms with Crippen molar-refractivity contribution in [1.82, 2.24) is 0 Å². The first-order valence-electron chi connectivity index (χ1n) is 7.75. The van der Waals surface area contributed by atoms with Crippen LogP contribution in [0.3, 0.4) is 0 Å². The molecule has 0 unspecified atom stereocenters. The molecule has 0 saturated heterocycles. The van der Waals surface area contributed by atoms with Crippen LogP contribution < -0.4 is 10.2 Å². The van der Waals surface area contributed by atoms with E-state index in [4.69, 9.17) is 9.15 Å². The largest absolute Gasteiger partial charge is 0.491 e. The number of fused-ring (bicyclic) bond motifs is 1. The minimum absolute atomic E-state index is 0.0175. The molecular formula is C20H20O3. The summed E-state index contributed by atoms with van der Waals surface area (Å²) in [6.07, 6.45) is 1.62. The van der Waals surface area contributed by atoms with Gasteiger partial charge in [0.25, 0.3) is 0 Å². The molecule has 0 atom stereocenters. The lowest BCUT2D eigenvalue weighted by Crippen LogP contribution is -2.08. The van der Waals surface area contributed by atoms with Crippen LogP contribution in [-0.4, -0.2) is 6.10 Å². The smallest absolute Gasteiger partial charge is 0.200 e. The van der Waals surface area contributed by atoms with Crippen molar-refractivity contribution in [3.8, 4) is 16.9 Å². The van der Waals surface area contributed by atoms with Gasteiger partial charge in [-0.3, -0.25) is 4.79 Å². The quantitative estimate of drug-likeness (QED) is 0.693. The molecule has 3 nitrogen and oxygen atoms in total. The van der Waals surface area contributed by atoms with Crippen LogP contribution in [0.4, 0.5) is 0 Å². The second-order valence-corrected chi connectivity index (χ2v) is 6.12. The summed E-state index contributed by atoms with van der Waals surface area (Å²) in [5.74, 6) is 0.704. The van der Waals surface area contributed by atoms with Gasteiger partial charge in [-0.05, 0) is 51.0 Å².